The third-order valence-corrected chi connectivity index (χ3v) is 3.04. The SMILES string of the molecule is O=S(O)c1cccc2c1CCNC2. The molecule has 1 aromatic carbocycles. The van der Waals surface area contributed by atoms with Crippen LogP contribution in [0.1, 0.15) is 11.1 Å². The van der Waals surface area contributed by atoms with Crippen molar-refractivity contribution in [3.63, 3.8) is 0 Å². The van der Waals surface area contributed by atoms with Crippen LogP contribution >= 0.6 is 0 Å². The number of hydrogen-bond donors (Lipinski definition) is 2. The topological polar surface area (TPSA) is 49.3 Å². The normalized spacial score (nSPS) is 17.9. The highest BCUT2D eigenvalue weighted by molar-refractivity contribution is 7.79. The molecular weight excluding hydrogens is 186 g/mol. The van der Waals surface area contributed by atoms with Crippen LogP contribution in [0.2, 0.25) is 0 Å². The standard InChI is InChI=1S/C9H11NO2S/c11-13(12)9-3-1-2-7-6-10-5-4-8(7)9/h1-3,10H,4-6H2,(H,11,12). The monoisotopic (exact) mass is 197 g/mol. The first-order valence-electron chi connectivity index (χ1n) is 4.21. The van der Waals surface area contributed by atoms with Gasteiger partial charge in [0.05, 0.1) is 4.90 Å². The summed E-state index contributed by atoms with van der Waals surface area (Å²) in [7, 11) is 0. The molecule has 0 aromatic heterocycles. The van der Waals surface area contributed by atoms with Gasteiger partial charge < -0.3 is 9.87 Å². The zero-order valence-electron chi connectivity index (χ0n) is 7.12. The zero-order chi connectivity index (χ0) is 9.26. The maximum absolute atomic E-state index is 11.0. The maximum atomic E-state index is 11.0. The van der Waals surface area contributed by atoms with Crippen LogP contribution in [0.15, 0.2) is 23.1 Å². The lowest BCUT2D eigenvalue weighted by Crippen LogP contribution is -2.24. The molecule has 1 unspecified atom stereocenters. The molecule has 0 saturated heterocycles. The first-order valence-corrected chi connectivity index (χ1v) is 5.32. The molecule has 70 valence electrons. The molecule has 0 spiro atoms. The Kier molecular flexibility index (Phi) is 2.44. The third kappa shape index (κ3) is 1.65. The largest absolute Gasteiger partial charge is 0.312 e. The molecule has 0 saturated carbocycles. The quantitative estimate of drug-likeness (QED) is 0.658. The second-order valence-electron chi connectivity index (χ2n) is 3.07. The zero-order valence-corrected chi connectivity index (χ0v) is 7.93. The predicted molar refractivity (Wildman–Crippen MR) is 50.9 cm³/mol. The van der Waals surface area contributed by atoms with Crippen molar-refractivity contribution >= 4 is 11.1 Å². The molecule has 0 radical (unpaired) electrons. The van der Waals surface area contributed by atoms with Gasteiger partial charge in [0.1, 0.15) is 0 Å². The molecular formula is C9H11NO2S. The predicted octanol–water partition coefficient (Wildman–Crippen LogP) is 0.913. The lowest BCUT2D eigenvalue weighted by molar-refractivity contribution is 0.559. The molecule has 0 fully saturated rings. The van der Waals surface area contributed by atoms with Crippen LogP contribution in [-0.2, 0) is 24.0 Å². The van der Waals surface area contributed by atoms with Gasteiger partial charge in [0.25, 0.3) is 0 Å². The molecule has 2 N–H and O–H groups in total. The number of hydrogen-bond acceptors (Lipinski definition) is 2. The summed E-state index contributed by atoms with van der Waals surface area (Å²) in [5, 5.41) is 3.23. The molecule has 0 amide bonds. The Morgan fingerprint density at radius 3 is 3.08 bits per heavy atom. The van der Waals surface area contributed by atoms with E-state index in [1.807, 2.05) is 12.1 Å². The van der Waals surface area contributed by atoms with E-state index < -0.39 is 11.1 Å². The van der Waals surface area contributed by atoms with E-state index in [1.165, 1.54) is 0 Å². The van der Waals surface area contributed by atoms with Gasteiger partial charge in [-0.2, -0.15) is 0 Å². The van der Waals surface area contributed by atoms with E-state index in [0.717, 1.165) is 30.6 Å². The fourth-order valence-corrected chi connectivity index (χ4v) is 2.30. The Labute approximate surface area is 79.4 Å². The summed E-state index contributed by atoms with van der Waals surface area (Å²) >= 11 is -1.85. The fraction of sp³-hybridized carbons (Fsp3) is 0.333. The summed E-state index contributed by atoms with van der Waals surface area (Å²) < 4.78 is 20.0. The fourth-order valence-electron chi connectivity index (χ4n) is 1.66. The molecule has 1 heterocycles. The smallest absolute Gasteiger partial charge is 0.186 e. The van der Waals surface area contributed by atoms with Crippen molar-refractivity contribution in [2.75, 3.05) is 6.54 Å². The van der Waals surface area contributed by atoms with Crippen LogP contribution < -0.4 is 5.32 Å². The van der Waals surface area contributed by atoms with E-state index in [0.29, 0.717) is 4.90 Å². The van der Waals surface area contributed by atoms with Crippen molar-refractivity contribution in [3.8, 4) is 0 Å². The van der Waals surface area contributed by atoms with Gasteiger partial charge in [0.15, 0.2) is 11.1 Å². The number of fused-ring (bicyclic) bond motifs is 1. The van der Waals surface area contributed by atoms with Gasteiger partial charge in [-0.15, -0.1) is 0 Å². The van der Waals surface area contributed by atoms with Crippen molar-refractivity contribution < 1.29 is 8.76 Å². The van der Waals surface area contributed by atoms with Crippen LogP contribution in [0, 0.1) is 0 Å². The molecule has 1 aliphatic heterocycles. The van der Waals surface area contributed by atoms with Crippen molar-refractivity contribution in [2.24, 2.45) is 0 Å². The first-order chi connectivity index (χ1) is 6.29. The van der Waals surface area contributed by atoms with Gasteiger partial charge in [-0.05, 0) is 30.2 Å². The summed E-state index contributed by atoms with van der Waals surface area (Å²) in [6.45, 7) is 1.70. The minimum atomic E-state index is -1.85. The van der Waals surface area contributed by atoms with Crippen LogP contribution in [0.3, 0.4) is 0 Å². The van der Waals surface area contributed by atoms with Gasteiger partial charge >= 0.3 is 0 Å². The Balaban J connectivity index is 2.52. The molecule has 1 aliphatic rings. The van der Waals surface area contributed by atoms with Gasteiger partial charge in [0, 0.05) is 6.54 Å². The number of benzene rings is 1. The van der Waals surface area contributed by atoms with E-state index in [1.54, 1.807) is 6.07 Å². The second kappa shape index (κ2) is 3.57. The second-order valence-corrected chi connectivity index (χ2v) is 4.01. The average Bonchev–Trinajstić information content (AvgIpc) is 2.17. The van der Waals surface area contributed by atoms with Crippen LogP contribution in [0.5, 0.6) is 0 Å². The molecule has 1 atom stereocenters. The van der Waals surface area contributed by atoms with Crippen molar-refractivity contribution in [3.05, 3.63) is 29.3 Å². The Morgan fingerprint density at radius 2 is 2.31 bits per heavy atom. The molecule has 0 bridgehead atoms. The average molecular weight is 197 g/mol. The molecule has 3 nitrogen and oxygen atoms in total. The first kappa shape index (κ1) is 8.87. The maximum Gasteiger partial charge on any atom is 0.186 e. The van der Waals surface area contributed by atoms with Crippen molar-refractivity contribution in [2.45, 2.75) is 17.9 Å². The lowest BCUT2D eigenvalue weighted by atomic mass is 10.0. The molecule has 1 aromatic rings. The van der Waals surface area contributed by atoms with E-state index in [2.05, 4.69) is 5.32 Å². The Bertz CT molecular complexity index is 351. The van der Waals surface area contributed by atoms with E-state index in [-0.39, 0.29) is 0 Å². The van der Waals surface area contributed by atoms with Gasteiger partial charge in [-0.1, -0.05) is 12.1 Å². The van der Waals surface area contributed by atoms with E-state index >= 15 is 0 Å². The highest BCUT2D eigenvalue weighted by atomic mass is 32.2. The molecule has 0 aliphatic carbocycles. The van der Waals surface area contributed by atoms with Crippen LogP contribution in [0.25, 0.3) is 0 Å². The van der Waals surface area contributed by atoms with Gasteiger partial charge in [0.2, 0.25) is 0 Å². The van der Waals surface area contributed by atoms with Crippen molar-refractivity contribution in [1.82, 2.24) is 5.32 Å². The summed E-state index contributed by atoms with van der Waals surface area (Å²) in [6.07, 6.45) is 0.845. The van der Waals surface area contributed by atoms with E-state index in [4.69, 9.17) is 4.55 Å². The lowest BCUT2D eigenvalue weighted by Gasteiger charge is -2.18. The van der Waals surface area contributed by atoms with Gasteiger partial charge in [-0.3, -0.25) is 0 Å². The summed E-state index contributed by atoms with van der Waals surface area (Å²) in [5.74, 6) is 0. The van der Waals surface area contributed by atoms with Crippen molar-refractivity contribution in [1.29, 1.82) is 0 Å². The Morgan fingerprint density at radius 1 is 1.46 bits per heavy atom. The van der Waals surface area contributed by atoms with Crippen LogP contribution in [0.4, 0.5) is 0 Å². The minimum absolute atomic E-state index is 0.569. The molecule has 4 heteroatoms. The van der Waals surface area contributed by atoms with E-state index in [9.17, 15) is 4.21 Å². The summed E-state index contributed by atoms with van der Waals surface area (Å²) in [6, 6.07) is 5.55. The highest BCUT2D eigenvalue weighted by Crippen LogP contribution is 2.20. The number of rotatable bonds is 1. The Hall–Kier alpha value is -0.710. The number of nitrogens with one attached hydrogen (secondary N) is 1. The molecule has 13 heavy (non-hydrogen) atoms. The minimum Gasteiger partial charge on any atom is -0.312 e. The van der Waals surface area contributed by atoms with Gasteiger partial charge in [-0.25, -0.2) is 4.21 Å². The molecule has 2 rings (SSSR count). The van der Waals surface area contributed by atoms with Crippen LogP contribution in [-0.4, -0.2) is 15.3 Å². The third-order valence-electron chi connectivity index (χ3n) is 2.29. The summed E-state index contributed by atoms with van der Waals surface area (Å²) in [4.78, 5) is 0.569. The highest BCUT2D eigenvalue weighted by Gasteiger charge is 2.14. The summed E-state index contributed by atoms with van der Waals surface area (Å²) in [5.41, 5.74) is 2.19.